The first-order chi connectivity index (χ1) is 57.0. The number of hydrogen-bond acceptors (Lipinski definition) is 20. The summed E-state index contributed by atoms with van der Waals surface area (Å²) in [5.74, 6) is -0.577. The lowest BCUT2D eigenvalue weighted by Gasteiger charge is -2.25. The molecular weight excluding hydrogens is 1570 g/mol. The van der Waals surface area contributed by atoms with E-state index in [9.17, 15) is 38.4 Å². The number of unbranched alkanes of at least 4 members (excludes halogenated alkanes) is 6. The van der Waals surface area contributed by atoms with Crippen molar-refractivity contribution in [2.24, 2.45) is 34.5 Å². The second-order valence-electron chi connectivity index (χ2n) is 37.5. The second kappa shape index (κ2) is 91.9. The van der Waals surface area contributed by atoms with Crippen LogP contribution < -0.4 is 0 Å². The van der Waals surface area contributed by atoms with Gasteiger partial charge in [0.2, 0.25) is 0 Å². The van der Waals surface area contributed by atoms with E-state index in [2.05, 4.69) is 138 Å². The van der Waals surface area contributed by atoms with Crippen LogP contribution in [-0.4, -0.2) is 145 Å². The van der Waals surface area contributed by atoms with E-state index in [1.807, 2.05) is 194 Å². The number of hydrogen-bond donors (Lipinski definition) is 0. The Morgan fingerprint density at radius 1 is 0.266 bits per heavy atom. The van der Waals surface area contributed by atoms with E-state index in [1.54, 1.807) is 0 Å². The number of esters is 8. The Bertz CT molecular complexity index is 2390. The van der Waals surface area contributed by atoms with Gasteiger partial charge in [-0.15, -0.1) is 0 Å². The van der Waals surface area contributed by atoms with Crippen molar-refractivity contribution in [3.05, 3.63) is 0 Å². The van der Waals surface area contributed by atoms with Crippen LogP contribution in [0.4, 0.5) is 0 Å². The smallest absolute Gasteiger partial charge is 0.311 e. The van der Waals surface area contributed by atoms with Gasteiger partial charge in [0.1, 0.15) is 11.2 Å². The summed E-state index contributed by atoms with van der Waals surface area (Å²) in [7, 11) is 0. The Hall–Kier alpha value is -4.40. The molecule has 0 aromatic rings. The molecule has 0 aromatic carbocycles. The molecule has 6 unspecified atom stereocenters. The van der Waals surface area contributed by atoms with Crippen LogP contribution in [0, 0.1) is 34.5 Å². The van der Waals surface area contributed by atoms with Crippen molar-refractivity contribution in [1.29, 1.82) is 0 Å². The summed E-state index contributed by atoms with van der Waals surface area (Å²) in [6.07, 6.45) is 27.1. The first kappa shape index (κ1) is 145. The van der Waals surface area contributed by atoms with Crippen LogP contribution in [0.3, 0.4) is 0 Å². The molecule has 0 radical (unpaired) electrons. The quantitative estimate of drug-likeness (QED) is 0.0312. The molecule has 0 spiro atoms. The highest BCUT2D eigenvalue weighted by Crippen LogP contribution is 2.24. The van der Waals surface area contributed by atoms with Crippen LogP contribution in [0.15, 0.2) is 0 Å². The van der Waals surface area contributed by atoms with E-state index in [0.717, 1.165) is 142 Å². The van der Waals surface area contributed by atoms with Crippen LogP contribution in [0.2, 0.25) is 0 Å². The molecule has 20 heteroatoms. The van der Waals surface area contributed by atoms with Gasteiger partial charge < -0.3 is 56.8 Å². The van der Waals surface area contributed by atoms with E-state index in [0.29, 0.717) is 50.5 Å². The zero-order valence-electron chi connectivity index (χ0n) is 91.3. The Morgan fingerprint density at radius 2 is 0.613 bits per heavy atom. The first-order valence-electron chi connectivity index (χ1n) is 49.2. The molecule has 0 aliphatic heterocycles. The van der Waals surface area contributed by atoms with Gasteiger partial charge in [-0.25, -0.2) is 0 Å². The molecule has 0 saturated heterocycles. The zero-order valence-corrected chi connectivity index (χ0v) is 91.3. The Kier molecular flexibility index (Phi) is 108. The molecule has 0 fully saturated rings. The van der Waals surface area contributed by atoms with E-state index < -0.39 is 0 Å². The third kappa shape index (κ3) is 116. The fraction of sp³-hybridized carbons (Fsp3) is 0.923. The topological polar surface area (TPSA) is 247 Å². The average molecular weight is 1790 g/mol. The summed E-state index contributed by atoms with van der Waals surface area (Å²) in [4.78, 5) is 88.7. The van der Waals surface area contributed by atoms with E-state index in [-0.39, 0.29) is 129 Å². The van der Waals surface area contributed by atoms with Crippen LogP contribution >= 0.6 is 0 Å². The van der Waals surface area contributed by atoms with Crippen molar-refractivity contribution < 1.29 is 95.2 Å². The molecule has 0 bridgehead atoms. The van der Waals surface area contributed by atoms with E-state index >= 15 is 0 Å². The number of rotatable bonds is 48. The summed E-state index contributed by atoms with van der Waals surface area (Å²) in [5.41, 5.74) is -1.08. The molecule has 752 valence electrons. The van der Waals surface area contributed by atoms with Crippen LogP contribution in [-0.2, 0) is 95.2 Å². The molecule has 6 atom stereocenters. The van der Waals surface area contributed by atoms with Crippen molar-refractivity contribution in [1.82, 2.24) is 0 Å². The molecule has 0 amide bonds. The van der Waals surface area contributed by atoms with Gasteiger partial charge in [0.25, 0.3) is 0 Å². The summed E-state index contributed by atoms with van der Waals surface area (Å²) in [5, 5.41) is 0. The zero-order chi connectivity index (χ0) is 100. The van der Waals surface area contributed by atoms with Gasteiger partial charge in [0.05, 0.1) is 108 Å². The first-order valence-corrected chi connectivity index (χ1v) is 49.2. The summed E-state index contributed by atoms with van der Waals surface area (Å²) < 4.78 is 62.7. The molecule has 0 aliphatic carbocycles. The Morgan fingerprint density at radius 3 is 0.935 bits per heavy atom. The van der Waals surface area contributed by atoms with Crippen molar-refractivity contribution in [3.8, 4) is 0 Å². The van der Waals surface area contributed by atoms with Gasteiger partial charge in [-0.2, -0.15) is 0 Å². The molecule has 0 saturated carbocycles. The maximum atomic E-state index is 11.3. The maximum absolute atomic E-state index is 11.3. The lowest BCUT2D eigenvalue weighted by molar-refractivity contribution is -0.161. The molecule has 0 aliphatic rings. The van der Waals surface area contributed by atoms with Gasteiger partial charge in [-0.3, -0.25) is 38.4 Å². The fourth-order valence-corrected chi connectivity index (χ4v) is 7.05. The second-order valence-corrected chi connectivity index (χ2v) is 37.5. The molecular formula is C104H216O20. The van der Waals surface area contributed by atoms with Crippen LogP contribution in [0.1, 0.15) is 499 Å². The third-order valence-corrected chi connectivity index (χ3v) is 19.6. The van der Waals surface area contributed by atoms with Gasteiger partial charge in [0, 0.05) is 26.1 Å². The van der Waals surface area contributed by atoms with Crippen molar-refractivity contribution >= 4 is 47.8 Å². The lowest BCUT2D eigenvalue weighted by atomic mass is 9.91. The van der Waals surface area contributed by atoms with Gasteiger partial charge >= 0.3 is 47.8 Å². The van der Waals surface area contributed by atoms with Crippen LogP contribution in [0.25, 0.3) is 0 Å². The minimum Gasteiger partial charge on any atom is -0.465 e. The molecule has 20 nitrogen and oxygen atoms in total. The number of carbonyl (C=O) groups is 8. The summed E-state index contributed by atoms with van der Waals surface area (Å²) in [6.45, 7) is 99.0. The Balaban J connectivity index is -0.000000111. The Labute approximate surface area is 770 Å². The van der Waals surface area contributed by atoms with Crippen LogP contribution in [0.5, 0.6) is 0 Å². The predicted octanol–water partition coefficient (Wildman–Crippen LogP) is 29.7. The molecule has 124 heavy (non-hydrogen) atoms. The SMILES string of the molecule is CCC(C)(C)C(=O)OC(C)C.CCC(C)(C)OC(=O)C(C)C.CCC(C)(C)OC(C)C.CCC(C)C(=O)OC(C)C.CCC(C)OC(=O)C(C)C.CCC(C)OC(C)C.CCCCC(=O)OC(C)(C)CC.CCCCC(=O)OC(C)CC.CCCCOC(=O)C(C)(C)CC.CCCCOC(=O)C(C)CC.CCCCOC(C)(C)CC.CCCCOC(C)CC. The molecule has 0 heterocycles. The standard InChI is InChI=1S/2C10H20O2.4C9H18O2.C9H20O.2C8H16O2.2C8H18O.C7H16O/c1-5-7-8-12-9(11)10(3,4)6-2;1-5-7-8-9(11)12-10(3,4)6-2;1-6-9(4,5)8(10)11-7(2)3;1-6-9(4,5)11-8(10)7(2)3;1-4-6-7-11-9(10)8(3)5-2;1-4-6-7-9(10)11-8(3)5-2;1-5-7-8-10-9(3,4)6-2;1-5-7(4)8(9)10-6(2)3;1-5-7(4)10-8(9)6(2)3;1-6-8(4,5)9-7(2)3;1-4-6-7-9-8(3)5-2;1-5-7(4)8-6(2)3/h2*5-8H2,1-4H3;2*7H,6H2,1-5H3;2*8H,4-7H2,1-3H3;5-8H2,1-4H3;2*6-7H,5H2,1-4H3;7H,6H2,1-5H3;8H,4-7H2,1-3H3;6-7H,5H2,1-4H3. The monoisotopic (exact) mass is 1790 g/mol. The third-order valence-electron chi connectivity index (χ3n) is 19.6. The molecule has 0 aromatic heterocycles. The minimum atomic E-state index is -0.329. The van der Waals surface area contributed by atoms with Crippen molar-refractivity contribution in [2.75, 3.05) is 26.4 Å². The van der Waals surface area contributed by atoms with Crippen molar-refractivity contribution in [3.63, 3.8) is 0 Å². The summed E-state index contributed by atoms with van der Waals surface area (Å²) >= 11 is 0. The molecule has 0 rings (SSSR count). The van der Waals surface area contributed by atoms with Gasteiger partial charge in [0.15, 0.2) is 0 Å². The summed E-state index contributed by atoms with van der Waals surface area (Å²) in [6, 6.07) is 0. The van der Waals surface area contributed by atoms with E-state index in [1.165, 1.54) is 25.7 Å². The maximum Gasteiger partial charge on any atom is 0.311 e. The largest absolute Gasteiger partial charge is 0.465 e. The lowest BCUT2D eigenvalue weighted by Crippen LogP contribution is -2.29. The highest BCUT2D eigenvalue weighted by Gasteiger charge is 2.29. The average Bonchev–Trinajstić information content (AvgIpc) is 0.897. The predicted molar refractivity (Wildman–Crippen MR) is 525 cm³/mol. The highest BCUT2D eigenvalue weighted by atomic mass is 16.6. The number of ether oxygens (including phenoxy) is 12. The fourth-order valence-electron chi connectivity index (χ4n) is 7.05. The molecule has 0 N–H and O–H groups in total. The normalized spacial score (nSPS) is 12.5. The van der Waals surface area contributed by atoms with Gasteiger partial charge in [-0.1, -0.05) is 205 Å². The number of carbonyl (C=O) groups excluding carboxylic acids is 8. The minimum absolute atomic E-state index is 0.00556. The van der Waals surface area contributed by atoms with Crippen molar-refractivity contribution in [2.45, 2.75) is 571 Å². The van der Waals surface area contributed by atoms with E-state index in [4.69, 9.17) is 56.8 Å². The van der Waals surface area contributed by atoms with Gasteiger partial charge in [-0.05, 0) is 282 Å². The highest BCUT2D eigenvalue weighted by molar-refractivity contribution is 5.76.